The highest BCUT2D eigenvalue weighted by atomic mass is 16.6. The SMILES string of the molecule is COC1CCN(CCc2ccc3c(c2C(N)=O)OCCO3)CC1. The van der Waals surface area contributed by atoms with Crippen molar-refractivity contribution in [1.29, 1.82) is 0 Å². The number of nitrogens with zero attached hydrogens (tertiary/aromatic N) is 1. The van der Waals surface area contributed by atoms with Crippen molar-refractivity contribution in [2.75, 3.05) is 40.0 Å². The van der Waals surface area contributed by atoms with Gasteiger partial charge in [-0.15, -0.1) is 0 Å². The van der Waals surface area contributed by atoms with Crippen LogP contribution in [0.25, 0.3) is 0 Å². The van der Waals surface area contributed by atoms with Crippen molar-refractivity contribution in [2.45, 2.75) is 25.4 Å². The summed E-state index contributed by atoms with van der Waals surface area (Å²) >= 11 is 0. The highest BCUT2D eigenvalue weighted by molar-refractivity contribution is 5.98. The topological polar surface area (TPSA) is 74.0 Å². The molecule has 2 heterocycles. The molecule has 1 amide bonds. The number of ether oxygens (including phenoxy) is 3. The lowest BCUT2D eigenvalue weighted by molar-refractivity contribution is 0.0415. The van der Waals surface area contributed by atoms with Crippen molar-refractivity contribution >= 4 is 5.91 Å². The van der Waals surface area contributed by atoms with Gasteiger partial charge in [0.25, 0.3) is 5.91 Å². The fraction of sp³-hybridized carbons (Fsp3) is 0.588. The Labute approximate surface area is 136 Å². The zero-order valence-electron chi connectivity index (χ0n) is 13.5. The number of primary amides is 1. The van der Waals surface area contributed by atoms with E-state index in [0.29, 0.717) is 36.4 Å². The molecule has 1 aromatic rings. The van der Waals surface area contributed by atoms with Crippen LogP contribution in [-0.2, 0) is 11.2 Å². The Morgan fingerprint density at radius 3 is 2.74 bits per heavy atom. The first-order valence-electron chi connectivity index (χ1n) is 8.15. The third-order valence-corrected chi connectivity index (χ3v) is 4.61. The number of rotatable bonds is 5. The molecule has 0 radical (unpaired) electrons. The van der Waals surface area contributed by atoms with E-state index >= 15 is 0 Å². The number of benzene rings is 1. The summed E-state index contributed by atoms with van der Waals surface area (Å²) in [6, 6.07) is 3.79. The average molecular weight is 320 g/mol. The van der Waals surface area contributed by atoms with E-state index in [1.54, 1.807) is 7.11 Å². The number of methoxy groups -OCH3 is 1. The lowest BCUT2D eigenvalue weighted by atomic mass is 10.0. The van der Waals surface area contributed by atoms with Crippen molar-refractivity contribution in [1.82, 2.24) is 4.90 Å². The molecule has 2 aliphatic heterocycles. The Morgan fingerprint density at radius 1 is 1.30 bits per heavy atom. The van der Waals surface area contributed by atoms with Crippen LogP contribution in [-0.4, -0.2) is 56.9 Å². The van der Waals surface area contributed by atoms with Crippen molar-refractivity contribution in [3.05, 3.63) is 23.3 Å². The molecule has 1 aromatic carbocycles. The van der Waals surface area contributed by atoms with Crippen LogP contribution in [0.5, 0.6) is 11.5 Å². The first-order chi connectivity index (χ1) is 11.2. The van der Waals surface area contributed by atoms with Gasteiger partial charge in [-0.25, -0.2) is 0 Å². The molecular weight excluding hydrogens is 296 g/mol. The Hall–Kier alpha value is -1.79. The van der Waals surface area contributed by atoms with Crippen LogP contribution in [0.15, 0.2) is 12.1 Å². The van der Waals surface area contributed by atoms with E-state index in [1.165, 1.54) is 0 Å². The highest BCUT2D eigenvalue weighted by Crippen LogP contribution is 2.36. The van der Waals surface area contributed by atoms with Gasteiger partial charge in [0.1, 0.15) is 13.2 Å². The number of piperidine rings is 1. The maximum absolute atomic E-state index is 11.9. The van der Waals surface area contributed by atoms with Crippen molar-refractivity contribution in [3.8, 4) is 11.5 Å². The van der Waals surface area contributed by atoms with Gasteiger partial charge in [0.2, 0.25) is 0 Å². The molecule has 2 aliphatic rings. The second kappa shape index (κ2) is 7.19. The number of likely N-dealkylation sites (tertiary alicyclic amines) is 1. The molecule has 0 saturated carbocycles. The molecule has 23 heavy (non-hydrogen) atoms. The molecule has 6 nitrogen and oxygen atoms in total. The fourth-order valence-corrected chi connectivity index (χ4v) is 3.28. The molecule has 3 rings (SSSR count). The number of hydrogen-bond donors (Lipinski definition) is 1. The van der Waals surface area contributed by atoms with Crippen LogP contribution < -0.4 is 15.2 Å². The van der Waals surface area contributed by atoms with E-state index in [2.05, 4.69) is 4.90 Å². The fourth-order valence-electron chi connectivity index (χ4n) is 3.28. The van der Waals surface area contributed by atoms with Gasteiger partial charge in [-0.2, -0.15) is 0 Å². The van der Waals surface area contributed by atoms with Crippen molar-refractivity contribution < 1.29 is 19.0 Å². The van der Waals surface area contributed by atoms with Crippen LogP contribution in [0.1, 0.15) is 28.8 Å². The average Bonchev–Trinajstić information content (AvgIpc) is 2.59. The zero-order chi connectivity index (χ0) is 16.2. The summed E-state index contributed by atoms with van der Waals surface area (Å²) in [7, 11) is 1.77. The summed E-state index contributed by atoms with van der Waals surface area (Å²) in [6.07, 6.45) is 3.26. The Morgan fingerprint density at radius 2 is 2.04 bits per heavy atom. The van der Waals surface area contributed by atoms with Gasteiger partial charge in [-0.3, -0.25) is 4.79 Å². The smallest absolute Gasteiger partial charge is 0.252 e. The van der Waals surface area contributed by atoms with E-state index in [0.717, 1.165) is 44.5 Å². The molecule has 126 valence electrons. The Kier molecular flexibility index (Phi) is 5.03. The van der Waals surface area contributed by atoms with Crippen LogP contribution >= 0.6 is 0 Å². The molecule has 0 aliphatic carbocycles. The Bertz CT molecular complexity index is 568. The molecule has 0 spiro atoms. The summed E-state index contributed by atoms with van der Waals surface area (Å²) < 4.78 is 16.5. The predicted molar refractivity (Wildman–Crippen MR) is 86.1 cm³/mol. The van der Waals surface area contributed by atoms with Crippen LogP contribution in [0.2, 0.25) is 0 Å². The number of nitrogens with two attached hydrogens (primary N) is 1. The van der Waals surface area contributed by atoms with Gasteiger partial charge in [0, 0.05) is 26.7 Å². The summed E-state index contributed by atoms with van der Waals surface area (Å²) in [5.41, 5.74) is 6.97. The standard InChI is InChI=1S/C17H24N2O4/c1-21-13-5-8-19(9-6-13)7-4-12-2-3-14-16(15(12)17(18)20)23-11-10-22-14/h2-3,13H,4-11H2,1H3,(H2,18,20). The quantitative estimate of drug-likeness (QED) is 0.883. The summed E-state index contributed by atoms with van der Waals surface area (Å²) in [6.45, 7) is 3.89. The number of amides is 1. The summed E-state index contributed by atoms with van der Waals surface area (Å²) in [5, 5.41) is 0. The van der Waals surface area contributed by atoms with E-state index in [-0.39, 0.29) is 0 Å². The van der Waals surface area contributed by atoms with Crippen LogP contribution in [0.3, 0.4) is 0 Å². The number of carbonyl (C=O) groups is 1. The molecule has 0 unspecified atom stereocenters. The van der Waals surface area contributed by atoms with Gasteiger partial charge in [0.05, 0.1) is 11.7 Å². The molecule has 1 saturated heterocycles. The van der Waals surface area contributed by atoms with E-state index in [9.17, 15) is 4.79 Å². The monoisotopic (exact) mass is 320 g/mol. The molecule has 0 atom stereocenters. The summed E-state index contributed by atoms with van der Waals surface area (Å²) in [5.74, 6) is 0.648. The minimum atomic E-state index is -0.458. The first kappa shape index (κ1) is 16.1. The molecule has 0 aromatic heterocycles. The lowest BCUT2D eigenvalue weighted by Crippen LogP contribution is -2.38. The number of hydrogen-bond acceptors (Lipinski definition) is 5. The van der Waals surface area contributed by atoms with Gasteiger partial charge in [0.15, 0.2) is 11.5 Å². The lowest BCUT2D eigenvalue weighted by Gasteiger charge is -2.31. The number of fused-ring (bicyclic) bond motifs is 1. The maximum Gasteiger partial charge on any atom is 0.252 e. The molecule has 0 bridgehead atoms. The second-order valence-corrected chi connectivity index (χ2v) is 6.01. The second-order valence-electron chi connectivity index (χ2n) is 6.01. The summed E-state index contributed by atoms with van der Waals surface area (Å²) in [4.78, 5) is 14.3. The normalized spacial score (nSPS) is 18.8. The zero-order valence-corrected chi connectivity index (χ0v) is 13.5. The van der Waals surface area contributed by atoms with Gasteiger partial charge in [-0.05, 0) is 30.9 Å². The van der Waals surface area contributed by atoms with Crippen molar-refractivity contribution in [2.24, 2.45) is 5.73 Å². The van der Waals surface area contributed by atoms with E-state index < -0.39 is 5.91 Å². The van der Waals surface area contributed by atoms with Crippen LogP contribution in [0.4, 0.5) is 0 Å². The third kappa shape index (κ3) is 3.59. The Balaban J connectivity index is 1.69. The van der Waals surface area contributed by atoms with Gasteiger partial charge in [-0.1, -0.05) is 6.07 Å². The van der Waals surface area contributed by atoms with Gasteiger partial charge < -0.3 is 24.8 Å². The predicted octanol–water partition coefficient (Wildman–Crippen LogP) is 1.21. The molecular formula is C17H24N2O4. The van der Waals surface area contributed by atoms with E-state index in [4.69, 9.17) is 19.9 Å². The minimum absolute atomic E-state index is 0.377. The van der Waals surface area contributed by atoms with Gasteiger partial charge >= 0.3 is 0 Å². The molecule has 1 fully saturated rings. The van der Waals surface area contributed by atoms with Crippen molar-refractivity contribution in [3.63, 3.8) is 0 Å². The highest BCUT2D eigenvalue weighted by Gasteiger charge is 2.24. The first-order valence-corrected chi connectivity index (χ1v) is 8.15. The van der Waals surface area contributed by atoms with E-state index in [1.807, 2.05) is 12.1 Å². The third-order valence-electron chi connectivity index (χ3n) is 4.61. The largest absolute Gasteiger partial charge is 0.486 e. The molecule has 2 N–H and O–H groups in total. The minimum Gasteiger partial charge on any atom is -0.486 e. The maximum atomic E-state index is 11.9. The molecule has 6 heteroatoms. The van der Waals surface area contributed by atoms with Crippen LogP contribution in [0, 0.1) is 0 Å². The number of carbonyl (C=O) groups excluding carboxylic acids is 1.